The van der Waals surface area contributed by atoms with Gasteiger partial charge < -0.3 is 30.7 Å². The molecule has 0 saturated heterocycles. The Kier molecular flexibility index (Phi) is 12.2. The fraction of sp³-hybridized carbons (Fsp3) is 0.267. The molecule has 1 aromatic heterocycles. The molecule has 4 N–H and O–H groups in total. The maximum atomic E-state index is 12.0. The van der Waals surface area contributed by atoms with Crippen molar-refractivity contribution in [2.75, 3.05) is 55.5 Å². The van der Waals surface area contributed by atoms with E-state index in [9.17, 15) is 4.79 Å². The van der Waals surface area contributed by atoms with Gasteiger partial charge in [0, 0.05) is 36.8 Å². The summed E-state index contributed by atoms with van der Waals surface area (Å²) in [6.45, 7) is 3.78. The lowest BCUT2D eigenvalue weighted by molar-refractivity contribution is 0.0519. The number of aromatic nitrogens is 3. The van der Waals surface area contributed by atoms with Crippen LogP contribution in [0.5, 0.6) is 0 Å². The Balaban J connectivity index is 1.17. The molecule has 0 fully saturated rings. The summed E-state index contributed by atoms with van der Waals surface area (Å²) in [5.41, 5.74) is 2.80. The van der Waals surface area contributed by atoms with Crippen molar-refractivity contribution in [1.29, 1.82) is 0 Å². The number of halogens is 1. The molecule has 0 saturated carbocycles. The van der Waals surface area contributed by atoms with Gasteiger partial charge >= 0.3 is 0 Å². The van der Waals surface area contributed by atoms with Crippen molar-refractivity contribution in [2.24, 2.45) is 0 Å². The minimum absolute atomic E-state index is 0.114. The molecule has 214 valence electrons. The fourth-order valence-electron chi connectivity index (χ4n) is 3.66. The van der Waals surface area contributed by atoms with Crippen molar-refractivity contribution >= 4 is 35.4 Å². The molecule has 0 aliphatic heterocycles. The van der Waals surface area contributed by atoms with Gasteiger partial charge in [-0.05, 0) is 35.4 Å². The highest BCUT2D eigenvalue weighted by Gasteiger charge is 2.07. The largest absolute Gasteiger partial charge is 0.377 e. The minimum atomic E-state index is -0.114. The Morgan fingerprint density at radius 1 is 0.610 bits per heavy atom. The van der Waals surface area contributed by atoms with Crippen LogP contribution >= 0.6 is 11.6 Å². The summed E-state index contributed by atoms with van der Waals surface area (Å²) in [6.07, 6.45) is 0. The van der Waals surface area contributed by atoms with Gasteiger partial charge in [-0.1, -0.05) is 72.3 Å². The summed E-state index contributed by atoms with van der Waals surface area (Å²) < 4.78 is 11.2. The summed E-state index contributed by atoms with van der Waals surface area (Å²) in [5, 5.41) is 13.2. The number of hydrogen-bond acceptors (Lipinski definition) is 9. The lowest BCUT2D eigenvalue weighted by Gasteiger charge is -2.12. The van der Waals surface area contributed by atoms with E-state index in [1.54, 1.807) is 12.1 Å². The maximum Gasteiger partial charge on any atom is 0.251 e. The first-order valence-electron chi connectivity index (χ1n) is 13.4. The summed E-state index contributed by atoms with van der Waals surface area (Å²) >= 11 is 5.99. The van der Waals surface area contributed by atoms with E-state index in [2.05, 4.69) is 36.2 Å². The number of nitrogens with zero attached hydrogens (tertiary/aromatic N) is 3. The molecular formula is C30H34ClN7O3. The lowest BCUT2D eigenvalue weighted by atomic mass is 10.2. The maximum absolute atomic E-state index is 12.0. The van der Waals surface area contributed by atoms with Gasteiger partial charge in [0.1, 0.15) is 0 Å². The molecule has 3 aromatic carbocycles. The van der Waals surface area contributed by atoms with Crippen LogP contribution in [0.4, 0.5) is 17.8 Å². The van der Waals surface area contributed by atoms with E-state index in [1.165, 1.54) is 0 Å². The minimum Gasteiger partial charge on any atom is -0.377 e. The number of anilines is 3. The number of carbonyl (C=O) groups excluding carboxylic acids is 1. The zero-order valence-electron chi connectivity index (χ0n) is 22.7. The highest BCUT2D eigenvalue weighted by atomic mass is 35.5. The topological polar surface area (TPSA) is 122 Å². The second kappa shape index (κ2) is 16.8. The Morgan fingerprint density at radius 3 is 1.73 bits per heavy atom. The van der Waals surface area contributed by atoms with Gasteiger partial charge in [0.2, 0.25) is 17.8 Å². The van der Waals surface area contributed by atoms with Crippen LogP contribution in [0.15, 0.2) is 84.9 Å². The number of benzene rings is 3. The van der Waals surface area contributed by atoms with Crippen LogP contribution in [0.1, 0.15) is 21.5 Å². The third-order valence-electron chi connectivity index (χ3n) is 5.76. The van der Waals surface area contributed by atoms with Crippen molar-refractivity contribution in [3.05, 3.63) is 107 Å². The van der Waals surface area contributed by atoms with Crippen molar-refractivity contribution in [1.82, 2.24) is 20.3 Å². The van der Waals surface area contributed by atoms with E-state index in [1.807, 2.05) is 72.8 Å². The van der Waals surface area contributed by atoms with E-state index < -0.39 is 0 Å². The van der Waals surface area contributed by atoms with Crippen LogP contribution in [0.3, 0.4) is 0 Å². The van der Waals surface area contributed by atoms with Crippen LogP contribution in [0.2, 0.25) is 5.02 Å². The lowest BCUT2D eigenvalue weighted by Crippen LogP contribution is -2.27. The number of hydrogen-bond donors (Lipinski definition) is 4. The van der Waals surface area contributed by atoms with Gasteiger partial charge in [0.05, 0.1) is 26.4 Å². The van der Waals surface area contributed by atoms with Gasteiger partial charge in [-0.25, -0.2) is 0 Å². The third kappa shape index (κ3) is 11.0. The van der Waals surface area contributed by atoms with E-state index >= 15 is 0 Å². The molecule has 4 aromatic rings. The highest BCUT2D eigenvalue weighted by molar-refractivity contribution is 6.30. The molecule has 0 unspecified atom stereocenters. The Hall–Kier alpha value is -4.25. The predicted octanol–water partition coefficient (Wildman–Crippen LogP) is 4.62. The number of ether oxygens (including phenoxy) is 2. The van der Waals surface area contributed by atoms with Crippen LogP contribution < -0.4 is 21.3 Å². The highest BCUT2D eigenvalue weighted by Crippen LogP contribution is 2.14. The quantitative estimate of drug-likeness (QED) is 0.134. The van der Waals surface area contributed by atoms with Gasteiger partial charge in [-0.2, -0.15) is 15.0 Å². The molecule has 4 rings (SSSR count). The Morgan fingerprint density at radius 2 is 1.12 bits per heavy atom. The molecule has 41 heavy (non-hydrogen) atoms. The van der Waals surface area contributed by atoms with Gasteiger partial charge in [-0.15, -0.1) is 0 Å². The molecule has 0 aliphatic carbocycles. The van der Waals surface area contributed by atoms with E-state index in [0.29, 0.717) is 81.0 Å². The third-order valence-corrected chi connectivity index (χ3v) is 6.01. The zero-order chi connectivity index (χ0) is 28.5. The van der Waals surface area contributed by atoms with Crippen molar-refractivity contribution < 1.29 is 14.3 Å². The van der Waals surface area contributed by atoms with Gasteiger partial charge in [-0.3, -0.25) is 4.79 Å². The molecule has 0 bridgehead atoms. The van der Waals surface area contributed by atoms with Crippen LogP contribution in [-0.4, -0.2) is 60.4 Å². The number of amides is 1. The molecule has 0 radical (unpaired) electrons. The number of nitrogens with one attached hydrogen (secondary N) is 4. The molecular weight excluding hydrogens is 542 g/mol. The van der Waals surface area contributed by atoms with E-state index in [0.717, 1.165) is 11.1 Å². The standard InChI is InChI=1S/C30H34ClN7O3/c31-26-13-11-24(12-14-26)22-35-30-37-28(36-29(38-30)34-21-23-7-3-1-4-8-23)33-16-18-41-20-19-40-17-15-32-27(39)25-9-5-2-6-10-25/h1-14H,15-22H2,(H,32,39)(H3,33,34,35,36,37,38). The molecule has 0 spiro atoms. The fourth-order valence-corrected chi connectivity index (χ4v) is 3.78. The average molecular weight is 576 g/mol. The molecule has 1 amide bonds. The zero-order valence-corrected chi connectivity index (χ0v) is 23.4. The summed E-state index contributed by atoms with van der Waals surface area (Å²) in [6, 6.07) is 26.7. The van der Waals surface area contributed by atoms with Crippen LogP contribution in [-0.2, 0) is 22.6 Å². The molecule has 10 nitrogen and oxygen atoms in total. The first-order chi connectivity index (χ1) is 20.2. The van der Waals surface area contributed by atoms with Crippen molar-refractivity contribution in [2.45, 2.75) is 13.1 Å². The molecule has 0 atom stereocenters. The first kappa shape index (κ1) is 29.7. The number of carbonyl (C=O) groups is 1. The average Bonchev–Trinajstić information content (AvgIpc) is 3.01. The smallest absolute Gasteiger partial charge is 0.251 e. The Labute approximate surface area is 244 Å². The molecule has 0 aliphatic rings. The van der Waals surface area contributed by atoms with Crippen LogP contribution in [0.25, 0.3) is 0 Å². The van der Waals surface area contributed by atoms with Crippen molar-refractivity contribution in [3.8, 4) is 0 Å². The van der Waals surface area contributed by atoms with Gasteiger partial charge in [0.15, 0.2) is 0 Å². The van der Waals surface area contributed by atoms with Gasteiger partial charge in [0.25, 0.3) is 5.91 Å². The van der Waals surface area contributed by atoms with Crippen LogP contribution in [0, 0.1) is 0 Å². The first-order valence-corrected chi connectivity index (χ1v) is 13.8. The van der Waals surface area contributed by atoms with Crippen molar-refractivity contribution in [3.63, 3.8) is 0 Å². The SMILES string of the molecule is O=C(NCCOCCOCCNc1nc(NCc2ccccc2)nc(NCc2ccc(Cl)cc2)n1)c1ccccc1. The monoisotopic (exact) mass is 575 g/mol. The second-order valence-electron chi connectivity index (χ2n) is 8.90. The summed E-state index contributed by atoms with van der Waals surface area (Å²) in [5.74, 6) is 1.22. The molecule has 11 heteroatoms. The summed E-state index contributed by atoms with van der Waals surface area (Å²) in [4.78, 5) is 25.5. The van der Waals surface area contributed by atoms with E-state index in [-0.39, 0.29) is 5.91 Å². The normalized spacial score (nSPS) is 10.7. The van der Waals surface area contributed by atoms with E-state index in [4.69, 9.17) is 21.1 Å². The Bertz CT molecular complexity index is 1330. The summed E-state index contributed by atoms with van der Waals surface area (Å²) in [7, 11) is 0. The predicted molar refractivity (Wildman–Crippen MR) is 161 cm³/mol. The number of rotatable bonds is 17. The molecule has 1 heterocycles. The second-order valence-corrected chi connectivity index (χ2v) is 9.34.